The minimum Gasteiger partial charge on any atom is -0.493 e. The molecule has 1 atom stereocenters. The van der Waals surface area contributed by atoms with Crippen molar-refractivity contribution >= 4 is 56.4 Å². The van der Waals surface area contributed by atoms with E-state index < -0.39 is 0 Å². The number of halogens is 1. The SMILES string of the molecule is COc1cc2c(Nc3ncc(CC(=O)Nc4cccc(Cl)c4)s3)ncnc2cc1OCCCN1CCC[C@@H]1[C](C(C)(C)C)C(C)(C)C. The number of thiazole rings is 1. The summed E-state index contributed by atoms with van der Waals surface area (Å²) in [5.74, 6) is 3.35. The average molecular weight is 678 g/mol. The Morgan fingerprint density at radius 2 is 1.85 bits per heavy atom. The van der Waals surface area contributed by atoms with Crippen LogP contribution in [0.4, 0.5) is 16.6 Å². The maximum Gasteiger partial charge on any atom is 0.229 e. The molecule has 0 bridgehead atoms. The van der Waals surface area contributed by atoms with E-state index in [9.17, 15) is 4.79 Å². The molecular formula is C36H46ClN6O3S. The predicted molar refractivity (Wildman–Crippen MR) is 192 cm³/mol. The largest absolute Gasteiger partial charge is 0.493 e. The molecule has 1 amide bonds. The van der Waals surface area contributed by atoms with E-state index in [-0.39, 0.29) is 23.2 Å². The normalized spacial score (nSPS) is 15.7. The van der Waals surface area contributed by atoms with Crippen LogP contribution in [0.25, 0.3) is 10.9 Å². The fraction of sp³-hybridized carbons (Fsp3) is 0.472. The van der Waals surface area contributed by atoms with E-state index in [2.05, 4.69) is 72.0 Å². The highest BCUT2D eigenvalue weighted by atomic mass is 35.5. The first kappa shape index (κ1) is 34.9. The van der Waals surface area contributed by atoms with E-state index in [1.165, 1.54) is 30.5 Å². The summed E-state index contributed by atoms with van der Waals surface area (Å²) in [6.07, 6.45) is 6.77. The van der Waals surface area contributed by atoms with Crippen LogP contribution in [0, 0.1) is 16.7 Å². The third kappa shape index (κ3) is 8.91. The molecule has 0 unspecified atom stereocenters. The summed E-state index contributed by atoms with van der Waals surface area (Å²) < 4.78 is 12.0. The first-order valence-corrected chi connectivity index (χ1v) is 17.4. The Morgan fingerprint density at radius 1 is 1.06 bits per heavy atom. The second kappa shape index (κ2) is 14.7. The van der Waals surface area contributed by atoms with Gasteiger partial charge in [-0.25, -0.2) is 15.0 Å². The van der Waals surface area contributed by atoms with Crippen LogP contribution in [0.1, 0.15) is 65.7 Å². The van der Waals surface area contributed by atoms with Crippen LogP contribution in [-0.4, -0.2) is 58.6 Å². The maximum absolute atomic E-state index is 12.6. The molecule has 3 heterocycles. The molecule has 251 valence electrons. The Bertz CT molecular complexity index is 1670. The number of amides is 1. The number of nitrogens with one attached hydrogen (secondary N) is 2. The number of anilines is 3. The molecule has 2 aromatic heterocycles. The summed E-state index contributed by atoms with van der Waals surface area (Å²) in [5.41, 5.74) is 1.70. The third-order valence-electron chi connectivity index (χ3n) is 8.30. The van der Waals surface area contributed by atoms with Crippen LogP contribution in [0.3, 0.4) is 0 Å². The van der Waals surface area contributed by atoms with Crippen LogP contribution in [0.15, 0.2) is 48.9 Å². The van der Waals surface area contributed by atoms with Gasteiger partial charge in [0.25, 0.3) is 0 Å². The molecule has 1 saturated heterocycles. The molecule has 0 spiro atoms. The summed E-state index contributed by atoms with van der Waals surface area (Å²) in [6, 6.07) is 11.4. The first-order valence-electron chi connectivity index (χ1n) is 16.2. The second-order valence-corrected chi connectivity index (χ2v) is 15.6. The van der Waals surface area contributed by atoms with Gasteiger partial charge in [0.2, 0.25) is 5.91 Å². The Kier molecular flexibility index (Phi) is 10.9. The van der Waals surface area contributed by atoms with Crippen molar-refractivity contribution in [2.75, 3.05) is 37.4 Å². The summed E-state index contributed by atoms with van der Waals surface area (Å²) in [4.78, 5) is 29.5. The molecule has 2 aromatic carbocycles. The van der Waals surface area contributed by atoms with E-state index in [1.54, 1.807) is 43.5 Å². The number of methoxy groups -OCH3 is 1. The second-order valence-electron chi connectivity index (χ2n) is 14.0. The zero-order valence-corrected chi connectivity index (χ0v) is 30.0. The number of carbonyl (C=O) groups excluding carboxylic acids is 1. The molecule has 0 saturated carbocycles. The minimum absolute atomic E-state index is 0.148. The van der Waals surface area contributed by atoms with Gasteiger partial charge in [-0.05, 0) is 60.9 Å². The van der Waals surface area contributed by atoms with Crippen LogP contribution in [0.2, 0.25) is 5.02 Å². The predicted octanol–water partition coefficient (Wildman–Crippen LogP) is 8.57. The number of aromatic nitrogens is 3. The van der Waals surface area contributed by atoms with Crippen LogP contribution in [-0.2, 0) is 11.2 Å². The number of ether oxygens (including phenoxy) is 2. The van der Waals surface area contributed by atoms with Crippen molar-refractivity contribution in [1.82, 2.24) is 19.9 Å². The number of hydrogen-bond acceptors (Lipinski definition) is 9. The fourth-order valence-electron chi connectivity index (χ4n) is 6.91. The number of rotatable bonds is 12. The molecule has 0 aliphatic carbocycles. The number of benzene rings is 2. The van der Waals surface area contributed by atoms with Gasteiger partial charge in [-0.3, -0.25) is 9.69 Å². The monoisotopic (exact) mass is 677 g/mol. The molecule has 1 radical (unpaired) electrons. The highest BCUT2D eigenvalue weighted by Crippen LogP contribution is 2.48. The minimum atomic E-state index is -0.148. The molecule has 1 aliphatic heterocycles. The molecule has 47 heavy (non-hydrogen) atoms. The van der Waals surface area contributed by atoms with Crippen LogP contribution < -0.4 is 20.1 Å². The highest BCUT2D eigenvalue weighted by molar-refractivity contribution is 7.15. The van der Waals surface area contributed by atoms with Gasteiger partial charge in [0, 0.05) is 51.7 Å². The summed E-state index contributed by atoms with van der Waals surface area (Å²) in [6.45, 7) is 16.8. The van der Waals surface area contributed by atoms with Crippen molar-refractivity contribution in [2.24, 2.45) is 10.8 Å². The van der Waals surface area contributed by atoms with Gasteiger partial charge in [0.1, 0.15) is 12.1 Å². The highest BCUT2D eigenvalue weighted by Gasteiger charge is 2.44. The molecular weight excluding hydrogens is 632 g/mol. The molecule has 4 aromatic rings. The Morgan fingerprint density at radius 3 is 2.57 bits per heavy atom. The van der Waals surface area contributed by atoms with Crippen molar-refractivity contribution in [3.8, 4) is 11.5 Å². The average Bonchev–Trinajstić information content (AvgIpc) is 3.62. The van der Waals surface area contributed by atoms with E-state index >= 15 is 0 Å². The zero-order valence-electron chi connectivity index (χ0n) is 28.4. The molecule has 1 fully saturated rings. The fourth-order valence-corrected chi connectivity index (χ4v) is 7.91. The van der Waals surface area contributed by atoms with Gasteiger partial charge in [-0.15, -0.1) is 11.3 Å². The van der Waals surface area contributed by atoms with E-state index in [0.717, 1.165) is 35.3 Å². The van der Waals surface area contributed by atoms with Gasteiger partial charge in [-0.1, -0.05) is 59.2 Å². The van der Waals surface area contributed by atoms with Gasteiger partial charge >= 0.3 is 0 Å². The Labute approximate surface area is 287 Å². The molecule has 2 N–H and O–H groups in total. The molecule has 11 heteroatoms. The molecule has 9 nitrogen and oxygen atoms in total. The summed E-state index contributed by atoms with van der Waals surface area (Å²) in [7, 11) is 1.64. The summed E-state index contributed by atoms with van der Waals surface area (Å²) >= 11 is 7.42. The Hall–Kier alpha value is -3.47. The van der Waals surface area contributed by atoms with Crippen LogP contribution >= 0.6 is 22.9 Å². The smallest absolute Gasteiger partial charge is 0.229 e. The number of likely N-dealkylation sites (tertiary alicyclic amines) is 1. The zero-order chi connectivity index (χ0) is 33.8. The first-order chi connectivity index (χ1) is 22.3. The van der Waals surface area contributed by atoms with Gasteiger partial charge in [-0.2, -0.15) is 0 Å². The number of nitrogens with zero attached hydrogens (tertiary/aromatic N) is 4. The lowest BCUT2D eigenvalue weighted by Crippen LogP contribution is -2.46. The molecule has 1 aliphatic rings. The van der Waals surface area contributed by atoms with E-state index in [0.29, 0.717) is 45.8 Å². The van der Waals surface area contributed by atoms with Crippen molar-refractivity contribution in [2.45, 2.75) is 73.3 Å². The topological polar surface area (TPSA) is 102 Å². The number of fused-ring (bicyclic) bond motifs is 1. The standard InChI is InChI=1S/C36H46ClN6O3S/c1-35(2,3)32(36(4,5)6)28-13-9-14-43(28)15-10-16-46-30-20-27-26(19-29(30)45-7)33(40-22-39-27)42-34-38-21-25(47-34)18-31(44)41-24-12-8-11-23(37)17-24/h8,11-12,17,19-22,28H,9-10,13-16,18H2,1-7H3,(H,41,44)(H,38,39,40,42)/t28-/m1/s1. The van der Waals surface area contributed by atoms with E-state index in [4.69, 9.17) is 21.1 Å². The lowest BCUT2D eigenvalue weighted by molar-refractivity contribution is -0.115. The number of carbonyl (C=O) groups is 1. The molecule has 5 rings (SSSR count). The summed E-state index contributed by atoms with van der Waals surface area (Å²) in [5, 5.41) is 8.12. The lowest BCUT2D eigenvalue weighted by Gasteiger charge is -2.46. The van der Waals surface area contributed by atoms with Crippen molar-refractivity contribution in [3.05, 3.63) is 64.7 Å². The lowest BCUT2D eigenvalue weighted by atomic mass is 9.63. The maximum atomic E-state index is 12.6. The van der Waals surface area contributed by atoms with Gasteiger partial charge < -0.3 is 20.1 Å². The van der Waals surface area contributed by atoms with Crippen molar-refractivity contribution in [1.29, 1.82) is 0 Å². The number of hydrogen-bond donors (Lipinski definition) is 2. The van der Waals surface area contributed by atoms with Crippen LogP contribution in [0.5, 0.6) is 11.5 Å². The quantitative estimate of drug-likeness (QED) is 0.144. The van der Waals surface area contributed by atoms with E-state index in [1.807, 2.05) is 12.1 Å². The van der Waals surface area contributed by atoms with Crippen molar-refractivity contribution < 1.29 is 14.3 Å². The van der Waals surface area contributed by atoms with Crippen molar-refractivity contribution in [3.63, 3.8) is 0 Å². The van der Waals surface area contributed by atoms with Gasteiger partial charge in [0.15, 0.2) is 16.6 Å². The van der Waals surface area contributed by atoms with Gasteiger partial charge in [0.05, 0.1) is 25.7 Å². The third-order valence-corrected chi connectivity index (χ3v) is 9.45. The Balaban J connectivity index is 1.21.